The van der Waals surface area contributed by atoms with Gasteiger partial charge in [-0.05, 0) is 31.2 Å². The SMILES string of the molecule is CC(=O)c1ccc(OCCCOS(=O)(=O)C(F)(F)F)cc1. The lowest BCUT2D eigenvalue weighted by molar-refractivity contribution is -0.0544. The first-order chi connectivity index (χ1) is 9.63. The summed E-state index contributed by atoms with van der Waals surface area (Å²) in [5, 5.41) is 0. The van der Waals surface area contributed by atoms with Crippen molar-refractivity contribution in [1.29, 1.82) is 0 Å². The van der Waals surface area contributed by atoms with E-state index in [1.54, 1.807) is 12.1 Å². The van der Waals surface area contributed by atoms with Crippen LogP contribution in [0.25, 0.3) is 0 Å². The Morgan fingerprint density at radius 1 is 1.14 bits per heavy atom. The average Bonchev–Trinajstić information content (AvgIpc) is 2.37. The van der Waals surface area contributed by atoms with Gasteiger partial charge in [0.15, 0.2) is 5.78 Å². The van der Waals surface area contributed by atoms with Gasteiger partial charge in [0.05, 0.1) is 13.2 Å². The van der Waals surface area contributed by atoms with E-state index in [2.05, 4.69) is 4.18 Å². The third-order valence-electron chi connectivity index (χ3n) is 2.34. The van der Waals surface area contributed by atoms with Gasteiger partial charge in [-0.3, -0.25) is 8.98 Å². The van der Waals surface area contributed by atoms with Crippen molar-refractivity contribution in [3.05, 3.63) is 29.8 Å². The fourth-order valence-corrected chi connectivity index (χ4v) is 1.74. The van der Waals surface area contributed by atoms with Crippen molar-refractivity contribution in [3.63, 3.8) is 0 Å². The summed E-state index contributed by atoms with van der Waals surface area (Å²) in [6.45, 7) is 0.758. The summed E-state index contributed by atoms with van der Waals surface area (Å²) in [5.74, 6) is 0.311. The van der Waals surface area contributed by atoms with Gasteiger partial charge in [0.2, 0.25) is 0 Å². The van der Waals surface area contributed by atoms with Crippen LogP contribution < -0.4 is 4.74 Å². The van der Waals surface area contributed by atoms with Gasteiger partial charge in [-0.25, -0.2) is 0 Å². The van der Waals surface area contributed by atoms with Crippen LogP contribution in [-0.4, -0.2) is 32.9 Å². The molecule has 0 spiro atoms. The van der Waals surface area contributed by atoms with E-state index in [-0.39, 0.29) is 18.8 Å². The standard InChI is InChI=1S/C12H13F3O5S/c1-9(16)10-3-5-11(6-4-10)19-7-2-8-20-21(17,18)12(13,14)15/h3-6H,2,7-8H2,1H3. The molecule has 1 aromatic carbocycles. The Labute approximate surface area is 119 Å². The lowest BCUT2D eigenvalue weighted by atomic mass is 10.1. The first-order valence-electron chi connectivity index (χ1n) is 5.83. The summed E-state index contributed by atoms with van der Waals surface area (Å²) in [4.78, 5) is 11.0. The second-order valence-corrected chi connectivity index (χ2v) is 5.61. The Balaban J connectivity index is 2.34. The fraction of sp³-hybridized carbons (Fsp3) is 0.417. The Bertz CT molecular complexity index is 578. The number of ketones is 1. The maximum atomic E-state index is 11.9. The first-order valence-corrected chi connectivity index (χ1v) is 7.24. The van der Waals surface area contributed by atoms with Gasteiger partial charge in [-0.2, -0.15) is 21.6 Å². The number of carbonyl (C=O) groups excluding carboxylic acids is 1. The molecule has 0 unspecified atom stereocenters. The van der Waals surface area contributed by atoms with Crippen molar-refractivity contribution in [2.45, 2.75) is 18.9 Å². The van der Waals surface area contributed by atoms with E-state index in [4.69, 9.17) is 4.74 Å². The summed E-state index contributed by atoms with van der Waals surface area (Å²) in [5.41, 5.74) is -4.92. The lowest BCUT2D eigenvalue weighted by Crippen LogP contribution is -2.26. The zero-order valence-electron chi connectivity index (χ0n) is 11.0. The zero-order chi connectivity index (χ0) is 16.1. The van der Waals surface area contributed by atoms with E-state index < -0.39 is 22.2 Å². The molecule has 0 aliphatic rings. The predicted molar refractivity (Wildman–Crippen MR) is 67.5 cm³/mol. The first kappa shape index (κ1) is 17.4. The Morgan fingerprint density at radius 3 is 2.19 bits per heavy atom. The summed E-state index contributed by atoms with van der Waals surface area (Å²) >= 11 is 0. The average molecular weight is 326 g/mol. The number of rotatable bonds is 7. The smallest absolute Gasteiger partial charge is 0.494 e. The van der Waals surface area contributed by atoms with E-state index in [0.29, 0.717) is 11.3 Å². The van der Waals surface area contributed by atoms with Crippen molar-refractivity contribution in [3.8, 4) is 5.75 Å². The minimum atomic E-state index is -5.55. The van der Waals surface area contributed by atoms with Crippen LogP contribution in [0.4, 0.5) is 13.2 Å². The molecule has 0 heterocycles. The predicted octanol–water partition coefficient (Wildman–Crippen LogP) is 2.52. The Hall–Kier alpha value is -1.61. The van der Waals surface area contributed by atoms with Gasteiger partial charge in [0.1, 0.15) is 5.75 Å². The molecule has 9 heteroatoms. The molecule has 0 saturated heterocycles. The highest BCUT2D eigenvalue weighted by Crippen LogP contribution is 2.24. The summed E-state index contributed by atoms with van der Waals surface area (Å²) in [6, 6.07) is 6.15. The number of Topliss-reactive ketones (excluding diaryl/α,β-unsaturated/α-hetero) is 1. The van der Waals surface area contributed by atoms with E-state index in [1.165, 1.54) is 19.1 Å². The van der Waals surface area contributed by atoms with E-state index in [0.717, 1.165) is 0 Å². The van der Waals surface area contributed by atoms with E-state index >= 15 is 0 Å². The van der Waals surface area contributed by atoms with E-state index in [9.17, 15) is 26.4 Å². The van der Waals surface area contributed by atoms with Crippen LogP contribution in [0.2, 0.25) is 0 Å². The largest absolute Gasteiger partial charge is 0.523 e. The molecule has 0 aliphatic heterocycles. The molecule has 0 aliphatic carbocycles. The second kappa shape index (κ2) is 6.90. The highest BCUT2D eigenvalue weighted by atomic mass is 32.2. The maximum Gasteiger partial charge on any atom is 0.523 e. The number of carbonyl (C=O) groups is 1. The molecule has 1 aromatic rings. The third kappa shape index (κ3) is 5.35. The van der Waals surface area contributed by atoms with Crippen LogP contribution in [0, 0.1) is 0 Å². The second-order valence-electron chi connectivity index (χ2n) is 4.00. The van der Waals surface area contributed by atoms with Crippen LogP contribution >= 0.6 is 0 Å². The topological polar surface area (TPSA) is 69.7 Å². The van der Waals surface area contributed by atoms with Gasteiger partial charge in [-0.1, -0.05) is 0 Å². The quantitative estimate of drug-likeness (QED) is 0.333. The number of benzene rings is 1. The molecule has 0 bridgehead atoms. The number of ether oxygens (including phenoxy) is 1. The van der Waals surface area contributed by atoms with Gasteiger partial charge < -0.3 is 4.74 Å². The molecular formula is C12H13F3O5S. The molecular weight excluding hydrogens is 313 g/mol. The Morgan fingerprint density at radius 2 is 1.71 bits per heavy atom. The summed E-state index contributed by atoms with van der Waals surface area (Å²) in [7, 11) is -5.55. The monoisotopic (exact) mass is 326 g/mol. The lowest BCUT2D eigenvalue weighted by Gasteiger charge is -2.09. The normalized spacial score (nSPS) is 12.2. The third-order valence-corrected chi connectivity index (χ3v) is 3.38. The number of halogens is 3. The molecule has 1 rings (SSSR count). The molecule has 118 valence electrons. The number of hydrogen-bond donors (Lipinski definition) is 0. The molecule has 5 nitrogen and oxygen atoms in total. The minimum absolute atomic E-state index is 0.0210. The van der Waals surface area contributed by atoms with Gasteiger partial charge in [-0.15, -0.1) is 0 Å². The molecule has 0 radical (unpaired) electrons. The molecule has 0 fully saturated rings. The summed E-state index contributed by atoms with van der Waals surface area (Å²) < 4.78 is 65.9. The zero-order valence-corrected chi connectivity index (χ0v) is 11.8. The Kier molecular flexibility index (Phi) is 5.73. The molecule has 0 saturated carbocycles. The van der Waals surface area contributed by atoms with Crippen LogP contribution in [0.3, 0.4) is 0 Å². The minimum Gasteiger partial charge on any atom is -0.494 e. The van der Waals surface area contributed by atoms with Crippen LogP contribution in [0.5, 0.6) is 5.75 Å². The molecule has 0 amide bonds. The van der Waals surface area contributed by atoms with E-state index in [1.807, 2.05) is 0 Å². The van der Waals surface area contributed by atoms with Crippen LogP contribution in [0.1, 0.15) is 23.7 Å². The summed E-state index contributed by atoms with van der Waals surface area (Å²) in [6.07, 6.45) is -0.0379. The van der Waals surface area contributed by atoms with Crippen LogP contribution in [0.15, 0.2) is 24.3 Å². The molecule has 21 heavy (non-hydrogen) atoms. The van der Waals surface area contributed by atoms with Crippen molar-refractivity contribution >= 4 is 15.9 Å². The van der Waals surface area contributed by atoms with Crippen molar-refractivity contribution in [2.75, 3.05) is 13.2 Å². The maximum absolute atomic E-state index is 11.9. The van der Waals surface area contributed by atoms with Crippen molar-refractivity contribution < 1.29 is 35.3 Å². The van der Waals surface area contributed by atoms with Gasteiger partial charge in [0.25, 0.3) is 0 Å². The van der Waals surface area contributed by atoms with Crippen molar-refractivity contribution in [1.82, 2.24) is 0 Å². The molecule has 0 atom stereocenters. The number of alkyl halides is 3. The van der Waals surface area contributed by atoms with Crippen LogP contribution in [-0.2, 0) is 14.3 Å². The van der Waals surface area contributed by atoms with Gasteiger partial charge >= 0.3 is 15.6 Å². The van der Waals surface area contributed by atoms with Gasteiger partial charge in [0, 0.05) is 12.0 Å². The van der Waals surface area contributed by atoms with Crippen molar-refractivity contribution in [2.24, 2.45) is 0 Å². The highest BCUT2D eigenvalue weighted by Gasteiger charge is 2.47. The fourth-order valence-electron chi connectivity index (χ4n) is 1.27. The highest BCUT2D eigenvalue weighted by molar-refractivity contribution is 7.87. The number of hydrogen-bond acceptors (Lipinski definition) is 5. The molecule has 0 N–H and O–H groups in total. The molecule has 0 aromatic heterocycles.